The van der Waals surface area contributed by atoms with E-state index in [-0.39, 0.29) is 41.6 Å². The summed E-state index contributed by atoms with van der Waals surface area (Å²) >= 11 is 0. The zero-order chi connectivity index (χ0) is 22.9. The molecule has 0 unspecified atom stereocenters. The van der Waals surface area contributed by atoms with Gasteiger partial charge in [-0.25, -0.2) is 8.42 Å². The first kappa shape index (κ1) is 22.7. The number of carbonyl (C=O) groups is 2. The van der Waals surface area contributed by atoms with Gasteiger partial charge in [0.1, 0.15) is 0 Å². The van der Waals surface area contributed by atoms with E-state index in [2.05, 4.69) is 0 Å². The number of benzene rings is 2. The van der Waals surface area contributed by atoms with Crippen LogP contribution in [-0.2, 0) is 32.7 Å². The number of hydrogen-bond donors (Lipinski definition) is 0. The minimum absolute atomic E-state index is 0.107. The van der Waals surface area contributed by atoms with Crippen LogP contribution < -0.4 is 0 Å². The second-order valence-corrected chi connectivity index (χ2v) is 10.7. The van der Waals surface area contributed by atoms with Gasteiger partial charge in [-0.1, -0.05) is 62.2 Å². The molecule has 32 heavy (non-hydrogen) atoms. The van der Waals surface area contributed by atoms with Crippen LogP contribution in [0.3, 0.4) is 0 Å². The van der Waals surface area contributed by atoms with E-state index in [0.29, 0.717) is 17.7 Å². The lowest BCUT2D eigenvalue weighted by Gasteiger charge is -2.23. The van der Waals surface area contributed by atoms with E-state index in [0.717, 1.165) is 31.2 Å². The van der Waals surface area contributed by atoms with Gasteiger partial charge in [0.15, 0.2) is 0 Å². The molecule has 0 N–H and O–H groups in total. The lowest BCUT2D eigenvalue weighted by Crippen LogP contribution is -2.32. The molecule has 2 aromatic rings. The number of fused-ring (bicyclic) bond motifs is 1. The fraction of sp³-hybridized carbons (Fsp3) is 0.440. The molecule has 2 aliphatic rings. The largest absolute Gasteiger partial charge is 0.278 e. The molecule has 1 heterocycles. The minimum Gasteiger partial charge on any atom is -0.278 e. The molecule has 0 spiro atoms. The van der Waals surface area contributed by atoms with Gasteiger partial charge in [0, 0.05) is 13.1 Å². The van der Waals surface area contributed by atoms with Crippen LogP contribution in [-0.4, -0.2) is 36.0 Å². The predicted octanol–water partition coefficient (Wildman–Crippen LogP) is 3.88. The molecule has 0 radical (unpaired) electrons. The van der Waals surface area contributed by atoms with Gasteiger partial charge in [-0.15, -0.1) is 0 Å². The topological polar surface area (TPSA) is 74.8 Å². The third-order valence-electron chi connectivity index (χ3n) is 6.70. The molecule has 7 heteroatoms. The molecule has 1 aliphatic heterocycles. The third kappa shape index (κ3) is 4.24. The van der Waals surface area contributed by atoms with Crippen LogP contribution in [0.25, 0.3) is 0 Å². The Morgan fingerprint density at radius 3 is 2.16 bits per heavy atom. The fourth-order valence-corrected chi connectivity index (χ4v) is 6.60. The second kappa shape index (κ2) is 9.16. The van der Waals surface area contributed by atoms with Crippen LogP contribution in [0.2, 0.25) is 0 Å². The second-order valence-electron chi connectivity index (χ2n) is 8.78. The van der Waals surface area contributed by atoms with E-state index in [1.54, 1.807) is 19.1 Å². The van der Waals surface area contributed by atoms with Crippen molar-refractivity contribution >= 4 is 21.8 Å². The Kier molecular flexibility index (Phi) is 6.49. The predicted molar refractivity (Wildman–Crippen MR) is 122 cm³/mol. The quantitative estimate of drug-likeness (QED) is 0.595. The van der Waals surface area contributed by atoms with Crippen LogP contribution in [0.15, 0.2) is 53.4 Å². The van der Waals surface area contributed by atoms with E-state index in [9.17, 15) is 18.0 Å². The Hall–Kier alpha value is -2.51. The lowest BCUT2D eigenvalue weighted by atomic mass is 9.81. The number of sulfonamides is 1. The monoisotopic (exact) mass is 454 g/mol. The Morgan fingerprint density at radius 1 is 0.938 bits per heavy atom. The Morgan fingerprint density at radius 2 is 1.56 bits per heavy atom. The van der Waals surface area contributed by atoms with Crippen LogP contribution in [0.1, 0.15) is 49.3 Å². The summed E-state index contributed by atoms with van der Waals surface area (Å²) in [6.07, 6.45) is 3.50. The molecule has 1 saturated carbocycles. The molecular weight excluding hydrogens is 424 g/mol. The van der Waals surface area contributed by atoms with E-state index in [4.69, 9.17) is 0 Å². The highest BCUT2D eigenvalue weighted by Gasteiger charge is 2.47. The summed E-state index contributed by atoms with van der Waals surface area (Å²) < 4.78 is 28.4. The van der Waals surface area contributed by atoms with Crippen molar-refractivity contribution in [1.82, 2.24) is 9.21 Å². The number of imide groups is 1. The maximum absolute atomic E-state index is 13.5. The summed E-state index contributed by atoms with van der Waals surface area (Å²) in [5.74, 6) is -0.620. The molecule has 2 aromatic carbocycles. The molecular formula is C25H30N2O4S. The number of rotatable bonds is 7. The van der Waals surface area contributed by atoms with Gasteiger partial charge in [-0.3, -0.25) is 14.5 Å². The Balaban J connectivity index is 1.59. The van der Waals surface area contributed by atoms with Gasteiger partial charge < -0.3 is 0 Å². The van der Waals surface area contributed by atoms with E-state index >= 15 is 0 Å². The van der Waals surface area contributed by atoms with Crippen molar-refractivity contribution < 1.29 is 18.0 Å². The molecule has 0 aromatic heterocycles. The zero-order valence-electron chi connectivity index (χ0n) is 18.7. The summed E-state index contributed by atoms with van der Waals surface area (Å²) in [7, 11) is -3.74. The smallest absolute Gasteiger partial charge is 0.243 e. The van der Waals surface area contributed by atoms with Crippen molar-refractivity contribution in [3.63, 3.8) is 0 Å². The molecule has 2 atom stereocenters. The minimum atomic E-state index is -3.74. The van der Waals surface area contributed by atoms with Gasteiger partial charge >= 0.3 is 0 Å². The fourth-order valence-electron chi connectivity index (χ4n) is 4.88. The average Bonchev–Trinajstić information content (AvgIpc) is 3.04. The Bertz CT molecular complexity index is 1090. The van der Waals surface area contributed by atoms with E-state index in [1.165, 1.54) is 9.21 Å². The molecule has 0 bridgehead atoms. The summed E-state index contributed by atoms with van der Waals surface area (Å²) in [5, 5.41) is 0. The van der Waals surface area contributed by atoms with Gasteiger partial charge in [0.2, 0.25) is 21.8 Å². The van der Waals surface area contributed by atoms with Gasteiger partial charge in [-0.2, -0.15) is 4.31 Å². The molecule has 170 valence electrons. The first-order chi connectivity index (χ1) is 15.3. The molecule has 1 saturated heterocycles. The van der Waals surface area contributed by atoms with Crippen molar-refractivity contribution in [3.8, 4) is 0 Å². The molecule has 6 nitrogen and oxygen atoms in total. The van der Waals surface area contributed by atoms with Crippen molar-refractivity contribution in [1.29, 1.82) is 0 Å². The van der Waals surface area contributed by atoms with Crippen molar-refractivity contribution in [2.45, 2.75) is 57.5 Å². The zero-order valence-corrected chi connectivity index (χ0v) is 19.5. The maximum Gasteiger partial charge on any atom is 0.243 e. The van der Waals surface area contributed by atoms with E-state index in [1.807, 2.05) is 43.3 Å². The first-order valence-electron chi connectivity index (χ1n) is 11.3. The Labute approximate surface area is 190 Å². The van der Waals surface area contributed by atoms with Gasteiger partial charge in [0.25, 0.3) is 0 Å². The van der Waals surface area contributed by atoms with Gasteiger partial charge in [-0.05, 0) is 42.5 Å². The number of nitrogens with zero attached hydrogens (tertiary/aromatic N) is 2. The highest BCUT2D eigenvalue weighted by atomic mass is 32.2. The summed E-state index contributed by atoms with van der Waals surface area (Å²) in [4.78, 5) is 27.2. The highest BCUT2D eigenvalue weighted by Crippen LogP contribution is 2.38. The number of hydrogen-bond acceptors (Lipinski definition) is 4. The molecule has 2 amide bonds. The third-order valence-corrected chi connectivity index (χ3v) is 8.76. The normalized spacial score (nSPS) is 21.3. The summed E-state index contributed by atoms with van der Waals surface area (Å²) in [5.41, 5.74) is 2.22. The van der Waals surface area contributed by atoms with Crippen molar-refractivity contribution in [2.24, 2.45) is 11.8 Å². The summed E-state index contributed by atoms with van der Waals surface area (Å²) in [6.45, 7) is 4.35. The number of carbonyl (C=O) groups excluding carboxylic acids is 2. The number of amides is 2. The average molecular weight is 455 g/mol. The van der Waals surface area contributed by atoms with Gasteiger partial charge in [0.05, 0.1) is 23.3 Å². The maximum atomic E-state index is 13.5. The van der Waals surface area contributed by atoms with Crippen LogP contribution in [0.5, 0.6) is 0 Å². The first-order valence-corrected chi connectivity index (χ1v) is 12.8. The highest BCUT2D eigenvalue weighted by molar-refractivity contribution is 7.89. The van der Waals surface area contributed by atoms with Crippen molar-refractivity contribution in [3.05, 3.63) is 65.2 Å². The lowest BCUT2D eigenvalue weighted by molar-refractivity contribution is -0.140. The number of aryl methyl sites for hydroxylation is 1. The standard InChI is InChI=1S/C25H30N2O4S/c1-3-26(16-19-9-5-4-6-10-19)32(30,31)23-15-20(14-13-18(23)2)17-27-24(28)21-11-7-8-12-22(21)25(27)29/h4-6,9-10,13-15,21-22H,3,7-8,11-12,16-17H2,1-2H3/t21-,22-/m1/s1. The summed E-state index contributed by atoms with van der Waals surface area (Å²) in [6, 6.07) is 14.7. The van der Waals surface area contributed by atoms with Crippen LogP contribution in [0.4, 0.5) is 0 Å². The molecule has 1 aliphatic carbocycles. The van der Waals surface area contributed by atoms with Crippen molar-refractivity contribution in [2.75, 3.05) is 6.54 Å². The van der Waals surface area contributed by atoms with Crippen LogP contribution >= 0.6 is 0 Å². The SMILES string of the molecule is CCN(Cc1ccccc1)S(=O)(=O)c1cc(CN2C(=O)[C@@H]3CCCC[C@H]3C2=O)ccc1C. The molecule has 4 rings (SSSR count). The van der Waals surface area contributed by atoms with E-state index < -0.39 is 10.0 Å². The molecule has 2 fully saturated rings. The van der Waals surface area contributed by atoms with Crippen LogP contribution in [0, 0.1) is 18.8 Å². The number of likely N-dealkylation sites (tertiary alicyclic amines) is 1.